The molecule has 35 heavy (non-hydrogen) atoms. The normalized spacial score (nSPS) is 12.9. The van der Waals surface area contributed by atoms with E-state index in [1.165, 1.54) is 116 Å². The maximum atomic E-state index is 6.52. The topological polar surface area (TPSA) is 0 Å². The summed E-state index contributed by atoms with van der Waals surface area (Å²) in [6, 6.07) is -0.250. The molecule has 0 rings (SSSR count). The summed E-state index contributed by atoms with van der Waals surface area (Å²) in [5, 5.41) is 0. The summed E-state index contributed by atoms with van der Waals surface area (Å²) in [6.07, 6.45) is 27.3. The Hall–Kier alpha value is 1.88. The molecule has 0 saturated heterocycles. The third kappa shape index (κ3) is 30.3. The zero-order chi connectivity index (χ0) is 26.8. The van der Waals surface area contributed by atoms with Crippen molar-refractivity contribution in [3.05, 3.63) is 0 Å². The van der Waals surface area contributed by atoms with Gasteiger partial charge in [0.25, 0.3) is 6.69 Å². The maximum Gasteiger partial charge on any atom is 0.344 e. The van der Waals surface area contributed by atoms with Crippen molar-refractivity contribution in [2.45, 2.75) is 180 Å². The third-order valence-corrected chi connectivity index (χ3v) is 15.5. The highest BCUT2D eigenvalue weighted by Gasteiger charge is 2.35. The fourth-order valence-electron chi connectivity index (χ4n) is 4.44. The Kier molecular flexibility index (Phi) is 30.6. The van der Waals surface area contributed by atoms with Crippen LogP contribution in [0.3, 0.4) is 0 Å². The van der Waals surface area contributed by atoms with E-state index in [9.17, 15) is 0 Å². The second kappa shape index (κ2) is 27.5. The highest BCUT2D eigenvalue weighted by molar-refractivity contribution is 7.65. The third-order valence-electron chi connectivity index (χ3n) is 6.80. The van der Waals surface area contributed by atoms with Gasteiger partial charge < -0.3 is 0 Å². The number of hydrogen-bond acceptors (Lipinski definition) is 0. The molecule has 0 heterocycles. The van der Waals surface area contributed by atoms with Crippen LogP contribution < -0.4 is 0 Å². The summed E-state index contributed by atoms with van der Waals surface area (Å²) in [5.74, 6) is 0. The Morgan fingerprint density at radius 3 is 1.09 bits per heavy atom. The van der Waals surface area contributed by atoms with Crippen LogP contribution in [-0.2, 0) is 0 Å². The first-order valence-electron chi connectivity index (χ1n) is 15.1. The van der Waals surface area contributed by atoms with Crippen LogP contribution >= 0.6 is 55.4 Å². The van der Waals surface area contributed by atoms with E-state index in [2.05, 4.69) is 27.7 Å². The average molecular weight is 629 g/mol. The lowest BCUT2D eigenvalue weighted by Gasteiger charge is -2.21. The van der Waals surface area contributed by atoms with Gasteiger partial charge >= 0.3 is 6.00 Å². The van der Waals surface area contributed by atoms with E-state index >= 15 is 0 Å². The Morgan fingerprint density at radius 1 is 0.400 bits per heavy atom. The Morgan fingerprint density at radius 2 is 0.743 bits per heavy atom. The van der Waals surface area contributed by atoms with Crippen LogP contribution in [0.2, 0.25) is 17.6 Å². The lowest BCUT2D eigenvalue weighted by atomic mass is 10.1. The minimum absolute atomic E-state index is 0.369. The second-order valence-electron chi connectivity index (χ2n) is 10.5. The van der Waals surface area contributed by atoms with E-state index in [1.54, 1.807) is 0 Å². The zero-order valence-electron chi connectivity index (χ0n) is 23.7. The van der Waals surface area contributed by atoms with Gasteiger partial charge in [0.15, 0.2) is 0 Å². The van der Waals surface area contributed by atoms with Crippen molar-refractivity contribution in [3.63, 3.8) is 0 Å². The summed E-state index contributed by atoms with van der Waals surface area (Å²) >= 11 is 31.4. The Bertz CT molecular complexity index is 399. The molecule has 0 aromatic heterocycles. The molecule has 0 saturated carbocycles. The van der Waals surface area contributed by atoms with E-state index in [1.807, 2.05) is 0 Å². The first-order chi connectivity index (χ1) is 16.6. The van der Waals surface area contributed by atoms with Crippen LogP contribution in [0.5, 0.6) is 0 Å². The van der Waals surface area contributed by atoms with Crippen LogP contribution in [-0.4, -0.2) is 12.7 Å². The van der Waals surface area contributed by atoms with Crippen LogP contribution in [0, 0.1) is 0 Å². The van der Waals surface area contributed by atoms with Gasteiger partial charge in [0.2, 0.25) is 0 Å². The van der Waals surface area contributed by atoms with Crippen LogP contribution in [0.1, 0.15) is 163 Å². The largest absolute Gasteiger partial charge is 0.344 e. The number of halogens is 5. The Balaban J connectivity index is 0. The second-order valence-corrected chi connectivity index (χ2v) is 27.1. The van der Waals surface area contributed by atoms with Gasteiger partial charge in [-0.05, 0) is 30.5 Å². The number of rotatable bonds is 24. The zero-order valence-corrected chi connectivity index (χ0v) is 29.5. The standard InChI is InChI=1S/C16H34Cl2Si.C12H25Cl3Si/c1-3-5-7-9-11-13-15-19(17,18)16-14-12-10-8-6-4-2;1-3-5-6-7-8-9-11-12(10-4-2)16(13,14)15/h3-16H2,1-2H3;12H,3-11H2,1-2H3. The molecule has 0 aliphatic heterocycles. The molecule has 0 aliphatic rings. The van der Waals surface area contributed by atoms with E-state index in [0.717, 1.165) is 31.4 Å². The van der Waals surface area contributed by atoms with Gasteiger partial charge in [-0.3, -0.25) is 0 Å². The molecule has 0 radical (unpaired) electrons. The van der Waals surface area contributed by atoms with Crippen molar-refractivity contribution < 1.29 is 0 Å². The van der Waals surface area contributed by atoms with Gasteiger partial charge in [-0.2, -0.15) is 0 Å². The molecular formula is C28H59Cl5Si2. The SMILES string of the molecule is CCCCCCCCC(CCC)[Si](Cl)(Cl)Cl.CCCCCCCC[Si](Cl)(Cl)CCCCCCCC. The highest BCUT2D eigenvalue weighted by Crippen LogP contribution is 2.40. The molecule has 1 atom stereocenters. The summed E-state index contributed by atoms with van der Waals surface area (Å²) in [6.45, 7) is 7.03. The van der Waals surface area contributed by atoms with E-state index in [0.29, 0.717) is 5.54 Å². The van der Waals surface area contributed by atoms with Gasteiger partial charge in [-0.1, -0.05) is 150 Å². The van der Waals surface area contributed by atoms with E-state index in [-0.39, 0.29) is 0 Å². The molecule has 0 bridgehead atoms. The predicted octanol–water partition coefficient (Wildman–Crippen LogP) is 14.2. The minimum atomic E-state index is -2.47. The quantitative estimate of drug-likeness (QED) is 0.0566. The molecule has 0 amide bonds. The van der Waals surface area contributed by atoms with Crippen molar-refractivity contribution in [3.8, 4) is 0 Å². The van der Waals surface area contributed by atoms with Gasteiger partial charge in [0, 0.05) is 0 Å². The first kappa shape index (κ1) is 39.0. The maximum absolute atomic E-state index is 6.52. The van der Waals surface area contributed by atoms with Gasteiger partial charge in [0.1, 0.15) is 0 Å². The molecular weight excluding hydrogens is 570 g/mol. The van der Waals surface area contributed by atoms with Crippen LogP contribution in [0.25, 0.3) is 0 Å². The molecule has 214 valence electrons. The highest BCUT2D eigenvalue weighted by atomic mass is 35.8. The summed E-state index contributed by atoms with van der Waals surface area (Å²) < 4.78 is 0. The van der Waals surface area contributed by atoms with Gasteiger partial charge in [-0.15, -0.1) is 55.4 Å². The fourth-order valence-corrected chi connectivity index (χ4v) is 10.9. The predicted molar refractivity (Wildman–Crippen MR) is 174 cm³/mol. The van der Waals surface area contributed by atoms with Crippen molar-refractivity contribution in [1.82, 2.24) is 0 Å². The van der Waals surface area contributed by atoms with Crippen molar-refractivity contribution in [2.24, 2.45) is 0 Å². The smallest absolute Gasteiger partial charge is 0.146 e. The minimum Gasteiger partial charge on any atom is -0.146 e. The van der Waals surface area contributed by atoms with Crippen molar-refractivity contribution >= 4 is 68.1 Å². The monoisotopic (exact) mass is 626 g/mol. The molecule has 7 heteroatoms. The first-order valence-corrected chi connectivity index (χ1v) is 24.6. The summed E-state index contributed by atoms with van der Waals surface area (Å²) in [7, 11) is 0. The lowest BCUT2D eigenvalue weighted by molar-refractivity contribution is 0.559. The fraction of sp³-hybridized carbons (Fsp3) is 1.00. The van der Waals surface area contributed by atoms with E-state index < -0.39 is 12.7 Å². The average Bonchev–Trinajstić information content (AvgIpc) is 2.79. The molecule has 0 aromatic rings. The van der Waals surface area contributed by atoms with E-state index in [4.69, 9.17) is 55.4 Å². The van der Waals surface area contributed by atoms with Crippen molar-refractivity contribution in [1.29, 1.82) is 0 Å². The summed E-state index contributed by atoms with van der Waals surface area (Å²) in [4.78, 5) is 0. The molecule has 0 N–H and O–H groups in total. The molecule has 0 nitrogen and oxygen atoms in total. The van der Waals surface area contributed by atoms with Crippen molar-refractivity contribution in [2.75, 3.05) is 0 Å². The molecule has 0 aliphatic carbocycles. The number of hydrogen-bond donors (Lipinski definition) is 0. The van der Waals surface area contributed by atoms with Crippen LogP contribution in [0.15, 0.2) is 0 Å². The number of unbranched alkanes of at least 4 members (excludes halogenated alkanes) is 15. The molecule has 0 aromatic carbocycles. The van der Waals surface area contributed by atoms with Gasteiger partial charge in [0.05, 0.1) is 0 Å². The lowest BCUT2D eigenvalue weighted by Crippen LogP contribution is -2.19. The van der Waals surface area contributed by atoms with Crippen LogP contribution in [0.4, 0.5) is 0 Å². The molecule has 0 spiro atoms. The summed E-state index contributed by atoms with van der Waals surface area (Å²) in [5.41, 5.74) is 0.369. The molecule has 0 fully saturated rings. The molecule has 1 unspecified atom stereocenters. The van der Waals surface area contributed by atoms with Gasteiger partial charge in [-0.25, -0.2) is 0 Å². The Labute approximate surface area is 246 Å².